The lowest BCUT2D eigenvalue weighted by atomic mass is 10.2. The summed E-state index contributed by atoms with van der Waals surface area (Å²) in [6.07, 6.45) is 2.42. The molecule has 0 aliphatic carbocycles. The highest BCUT2D eigenvalue weighted by Gasteiger charge is 2.19. The van der Waals surface area contributed by atoms with Crippen molar-refractivity contribution in [2.24, 2.45) is 0 Å². The Kier molecular flexibility index (Phi) is 5.68. The van der Waals surface area contributed by atoms with Crippen molar-refractivity contribution in [1.29, 1.82) is 0 Å². The molecule has 0 saturated heterocycles. The van der Waals surface area contributed by atoms with Crippen LogP contribution in [0.5, 0.6) is 0 Å². The first kappa shape index (κ1) is 16.6. The van der Waals surface area contributed by atoms with E-state index in [2.05, 4.69) is 20.6 Å². The third-order valence-electron chi connectivity index (χ3n) is 3.17. The molecular formula is C15H22N4O2S. The van der Waals surface area contributed by atoms with E-state index < -0.39 is 0 Å². The first-order valence-electron chi connectivity index (χ1n) is 7.32. The molecule has 0 unspecified atom stereocenters. The van der Waals surface area contributed by atoms with Crippen LogP contribution < -0.4 is 10.6 Å². The predicted octanol–water partition coefficient (Wildman–Crippen LogP) is 2.59. The van der Waals surface area contributed by atoms with Crippen LogP contribution in [0, 0.1) is 6.92 Å². The molecule has 6 nitrogen and oxygen atoms in total. The highest BCUT2D eigenvalue weighted by atomic mass is 32.1. The molecule has 0 aliphatic rings. The molecule has 0 saturated carbocycles. The molecule has 0 aromatic carbocycles. The van der Waals surface area contributed by atoms with Crippen LogP contribution in [0.2, 0.25) is 0 Å². The van der Waals surface area contributed by atoms with E-state index >= 15 is 0 Å². The molecule has 2 rings (SSSR count). The van der Waals surface area contributed by atoms with Gasteiger partial charge in [-0.15, -0.1) is 11.3 Å². The number of rotatable bonds is 7. The molecule has 2 aromatic heterocycles. The largest absolute Gasteiger partial charge is 0.385 e. The molecule has 120 valence electrons. The summed E-state index contributed by atoms with van der Waals surface area (Å²) >= 11 is 1.40. The van der Waals surface area contributed by atoms with E-state index in [0.29, 0.717) is 11.5 Å². The van der Waals surface area contributed by atoms with Crippen LogP contribution in [0.3, 0.4) is 0 Å². The molecule has 2 N–H and O–H groups in total. The van der Waals surface area contributed by atoms with Crippen LogP contribution in [0.4, 0.5) is 5.82 Å². The van der Waals surface area contributed by atoms with E-state index in [1.165, 1.54) is 17.7 Å². The van der Waals surface area contributed by atoms with E-state index in [-0.39, 0.29) is 11.9 Å². The van der Waals surface area contributed by atoms with Gasteiger partial charge in [0.05, 0.1) is 10.3 Å². The average Bonchev–Trinajstić information content (AvgIpc) is 2.81. The summed E-state index contributed by atoms with van der Waals surface area (Å²) in [5.74, 6) is 0.722. The molecule has 2 aromatic rings. The minimum absolute atomic E-state index is 0.0548. The predicted molar refractivity (Wildman–Crippen MR) is 89.7 cm³/mol. The summed E-state index contributed by atoms with van der Waals surface area (Å²) in [7, 11) is 1.69. The van der Waals surface area contributed by atoms with Gasteiger partial charge in [-0.3, -0.25) is 4.79 Å². The van der Waals surface area contributed by atoms with Crippen molar-refractivity contribution in [3.05, 3.63) is 16.8 Å². The Labute approximate surface area is 134 Å². The number of nitrogens with one attached hydrogen (secondary N) is 2. The minimum Gasteiger partial charge on any atom is -0.385 e. The van der Waals surface area contributed by atoms with Gasteiger partial charge in [-0.25, -0.2) is 9.97 Å². The van der Waals surface area contributed by atoms with Crippen LogP contribution in [-0.2, 0) is 4.74 Å². The van der Waals surface area contributed by atoms with Gasteiger partial charge in [-0.2, -0.15) is 0 Å². The van der Waals surface area contributed by atoms with Crippen LogP contribution in [0.25, 0.3) is 10.2 Å². The van der Waals surface area contributed by atoms with Gasteiger partial charge in [0.1, 0.15) is 17.0 Å². The summed E-state index contributed by atoms with van der Waals surface area (Å²) < 4.78 is 5.04. The lowest BCUT2D eigenvalue weighted by Gasteiger charge is -2.08. The highest BCUT2D eigenvalue weighted by Crippen LogP contribution is 2.33. The number of hydrogen-bond acceptors (Lipinski definition) is 6. The lowest BCUT2D eigenvalue weighted by molar-refractivity contribution is 0.0947. The normalized spacial score (nSPS) is 11.1. The number of aromatic nitrogens is 2. The topological polar surface area (TPSA) is 76.1 Å². The van der Waals surface area contributed by atoms with Crippen molar-refractivity contribution in [3.8, 4) is 0 Å². The Morgan fingerprint density at radius 2 is 2.18 bits per heavy atom. The Bertz CT molecular complexity index is 654. The van der Waals surface area contributed by atoms with Gasteiger partial charge in [0.25, 0.3) is 5.91 Å². The molecule has 0 radical (unpaired) electrons. The van der Waals surface area contributed by atoms with Crippen LogP contribution >= 0.6 is 11.3 Å². The summed E-state index contributed by atoms with van der Waals surface area (Å²) in [6, 6.07) is 0.106. The zero-order chi connectivity index (χ0) is 16.1. The molecule has 0 atom stereocenters. The number of thiophene rings is 1. The van der Waals surface area contributed by atoms with E-state index in [1.807, 2.05) is 20.8 Å². The molecule has 0 fully saturated rings. The summed E-state index contributed by atoms with van der Waals surface area (Å²) in [4.78, 5) is 22.4. The standard InChI is InChI=1S/C15H22N4O2S/c1-9(2)19-14(20)12-10(3)11-13(16-6-5-7-21-4)17-8-18-15(11)22-12/h8-9H,5-7H2,1-4H3,(H,19,20)(H,16,17,18). The fourth-order valence-corrected chi connectivity index (χ4v) is 3.23. The summed E-state index contributed by atoms with van der Waals surface area (Å²) in [6.45, 7) is 7.30. The molecule has 0 aliphatic heterocycles. The van der Waals surface area contributed by atoms with Crippen LogP contribution in [0.1, 0.15) is 35.5 Å². The second-order valence-corrected chi connectivity index (χ2v) is 6.36. The highest BCUT2D eigenvalue weighted by molar-refractivity contribution is 7.20. The van der Waals surface area contributed by atoms with Crippen molar-refractivity contribution in [2.75, 3.05) is 25.6 Å². The Morgan fingerprint density at radius 1 is 1.41 bits per heavy atom. The second kappa shape index (κ2) is 7.51. The lowest BCUT2D eigenvalue weighted by Crippen LogP contribution is -2.29. The smallest absolute Gasteiger partial charge is 0.261 e. The number of anilines is 1. The minimum atomic E-state index is -0.0548. The third-order valence-corrected chi connectivity index (χ3v) is 4.37. The van der Waals surface area contributed by atoms with E-state index in [4.69, 9.17) is 4.74 Å². The fourth-order valence-electron chi connectivity index (χ4n) is 2.17. The number of methoxy groups -OCH3 is 1. The van der Waals surface area contributed by atoms with Gasteiger partial charge >= 0.3 is 0 Å². The number of fused-ring (bicyclic) bond motifs is 1. The molecular weight excluding hydrogens is 300 g/mol. The number of amides is 1. The van der Waals surface area contributed by atoms with Gasteiger partial charge in [-0.1, -0.05) is 0 Å². The van der Waals surface area contributed by atoms with Crippen LogP contribution in [0.15, 0.2) is 6.33 Å². The maximum absolute atomic E-state index is 12.3. The zero-order valence-corrected chi connectivity index (χ0v) is 14.2. The number of hydrogen-bond donors (Lipinski definition) is 2. The Balaban J connectivity index is 2.28. The zero-order valence-electron chi connectivity index (χ0n) is 13.4. The van der Waals surface area contributed by atoms with Gasteiger partial charge in [0, 0.05) is 26.3 Å². The van der Waals surface area contributed by atoms with Gasteiger partial charge < -0.3 is 15.4 Å². The fraction of sp³-hybridized carbons (Fsp3) is 0.533. The van der Waals surface area contributed by atoms with Crippen molar-refractivity contribution < 1.29 is 9.53 Å². The average molecular weight is 322 g/mol. The third kappa shape index (κ3) is 3.72. The molecule has 22 heavy (non-hydrogen) atoms. The number of nitrogens with zero attached hydrogens (tertiary/aromatic N) is 2. The molecule has 7 heteroatoms. The molecule has 0 spiro atoms. The number of aryl methyl sites for hydroxylation is 1. The van der Waals surface area contributed by atoms with Crippen molar-refractivity contribution in [1.82, 2.24) is 15.3 Å². The molecule has 1 amide bonds. The van der Waals surface area contributed by atoms with Crippen molar-refractivity contribution in [2.45, 2.75) is 33.2 Å². The number of carbonyl (C=O) groups is 1. The SMILES string of the molecule is COCCCNc1ncnc2sc(C(=O)NC(C)C)c(C)c12. The van der Waals surface area contributed by atoms with Gasteiger partial charge in [-0.05, 0) is 32.8 Å². The number of carbonyl (C=O) groups excluding carboxylic acids is 1. The van der Waals surface area contributed by atoms with Gasteiger partial charge in [0.15, 0.2) is 0 Å². The van der Waals surface area contributed by atoms with E-state index in [1.54, 1.807) is 7.11 Å². The quantitative estimate of drug-likeness (QED) is 0.766. The summed E-state index contributed by atoms with van der Waals surface area (Å²) in [5, 5.41) is 7.16. The van der Waals surface area contributed by atoms with Crippen molar-refractivity contribution in [3.63, 3.8) is 0 Å². The maximum Gasteiger partial charge on any atom is 0.261 e. The molecule has 0 bridgehead atoms. The first-order valence-corrected chi connectivity index (χ1v) is 8.14. The summed E-state index contributed by atoms with van der Waals surface area (Å²) in [5.41, 5.74) is 0.924. The second-order valence-electron chi connectivity index (χ2n) is 5.36. The van der Waals surface area contributed by atoms with Gasteiger partial charge in [0.2, 0.25) is 0 Å². The van der Waals surface area contributed by atoms with E-state index in [9.17, 15) is 4.79 Å². The van der Waals surface area contributed by atoms with Crippen LogP contribution in [-0.4, -0.2) is 42.2 Å². The number of ether oxygens (including phenoxy) is 1. The molecule has 2 heterocycles. The first-order chi connectivity index (χ1) is 10.5. The van der Waals surface area contributed by atoms with E-state index in [0.717, 1.165) is 34.6 Å². The Morgan fingerprint density at radius 3 is 2.86 bits per heavy atom. The monoisotopic (exact) mass is 322 g/mol. The Hall–Kier alpha value is -1.73. The van der Waals surface area contributed by atoms with Crippen molar-refractivity contribution >= 4 is 33.3 Å². The maximum atomic E-state index is 12.3.